The van der Waals surface area contributed by atoms with Crippen molar-refractivity contribution in [3.05, 3.63) is 0 Å². The molecule has 0 amide bonds. The summed E-state index contributed by atoms with van der Waals surface area (Å²) >= 11 is 0. The highest BCUT2D eigenvalue weighted by Gasteiger charge is 2.50. The van der Waals surface area contributed by atoms with Crippen LogP contribution in [0.5, 0.6) is 0 Å². The van der Waals surface area contributed by atoms with Crippen molar-refractivity contribution in [3.63, 3.8) is 0 Å². The monoisotopic (exact) mass is 229 g/mol. The lowest BCUT2D eigenvalue weighted by molar-refractivity contribution is -0.196. The minimum atomic E-state index is -0.681. The largest absolute Gasteiger partial charge is 0.389 e. The van der Waals surface area contributed by atoms with Gasteiger partial charge in [0.05, 0.1) is 17.8 Å². The van der Waals surface area contributed by atoms with Crippen molar-refractivity contribution in [1.29, 1.82) is 0 Å². The Labute approximate surface area is 99.4 Å². The summed E-state index contributed by atoms with van der Waals surface area (Å²) in [6.45, 7) is 9.55. The molecule has 0 saturated carbocycles. The van der Waals surface area contributed by atoms with E-state index < -0.39 is 5.60 Å². The van der Waals surface area contributed by atoms with Gasteiger partial charge in [0.15, 0.2) is 0 Å². The van der Waals surface area contributed by atoms with Gasteiger partial charge >= 0.3 is 0 Å². The lowest BCUT2D eigenvalue weighted by Crippen LogP contribution is -2.58. The van der Waals surface area contributed by atoms with Gasteiger partial charge in [-0.3, -0.25) is 0 Å². The van der Waals surface area contributed by atoms with Crippen LogP contribution in [0.4, 0.5) is 0 Å². The predicted molar refractivity (Wildman–Crippen MR) is 66.3 cm³/mol. The van der Waals surface area contributed by atoms with E-state index in [1.54, 1.807) is 0 Å². The molecule has 3 heteroatoms. The number of hydrogen-bond donors (Lipinski definition) is 2. The summed E-state index contributed by atoms with van der Waals surface area (Å²) in [6, 6.07) is 0. The molecule has 0 aliphatic carbocycles. The van der Waals surface area contributed by atoms with E-state index in [9.17, 15) is 5.11 Å². The van der Waals surface area contributed by atoms with E-state index in [-0.39, 0.29) is 11.0 Å². The SMILES string of the molecule is CCC1(C)CC(O)(C(C)(CC)CN)CCO1. The third-order valence-corrected chi connectivity index (χ3v) is 4.73. The van der Waals surface area contributed by atoms with Crippen molar-refractivity contribution < 1.29 is 9.84 Å². The van der Waals surface area contributed by atoms with Crippen LogP contribution < -0.4 is 5.73 Å². The molecule has 96 valence electrons. The Bertz CT molecular complexity index is 240. The molecule has 0 spiro atoms. The van der Waals surface area contributed by atoms with Crippen LogP contribution in [0.3, 0.4) is 0 Å². The first-order valence-corrected chi connectivity index (χ1v) is 6.41. The minimum absolute atomic E-state index is 0.196. The van der Waals surface area contributed by atoms with E-state index in [1.165, 1.54) is 0 Å². The Morgan fingerprint density at radius 1 is 1.44 bits per heavy atom. The fourth-order valence-electron chi connectivity index (χ4n) is 2.63. The summed E-state index contributed by atoms with van der Waals surface area (Å²) in [7, 11) is 0. The maximum atomic E-state index is 10.9. The van der Waals surface area contributed by atoms with Crippen LogP contribution in [0, 0.1) is 5.41 Å². The van der Waals surface area contributed by atoms with Crippen molar-refractivity contribution in [2.75, 3.05) is 13.2 Å². The maximum Gasteiger partial charge on any atom is 0.0762 e. The lowest BCUT2D eigenvalue weighted by Gasteiger charge is -2.51. The quantitative estimate of drug-likeness (QED) is 0.776. The first kappa shape index (κ1) is 13.9. The molecule has 0 aromatic heterocycles. The van der Waals surface area contributed by atoms with E-state index in [2.05, 4.69) is 27.7 Å². The second-order valence-corrected chi connectivity index (χ2v) is 5.73. The number of ether oxygens (including phenoxy) is 1. The van der Waals surface area contributed by atoms with Crippen LogP contribution in [-0.2, 0) is 4.74 Å². The van der Waals surface area contributed by atoms with E-state index in [0.717, 1.165) is 12.8 Å². The maximum absolute atomic E-state index is 10.9. The minimum Gasteiger partial charge on any atom is -0.389 e. The van der Waals surface area contributed by atoms with Crippen molar-refractivity contribution in [2.24, 2.45) is 11.1 Å². The summed E-state index contributed by atoms with van der Waals surface area (Å²) in [5, 5.41) is 10.9. The second-order valence-electron chi connectivity index (χ2n) is 5.73. The van der Waals surface area contributed by atoms with Gasteiger partial charge in [-0.1, -0.05) is 20.8 Å². The van der Waals surface area contributed by atoms with Crippen molar-refractivity contribution >= 4 is 0 Å². The van der Waals surface area contributed by atoms with E-state index in [1.807, 2.05) is 0 Å². The lowest BCUT2D eigenvalue weighted by atomic mass is 9.64. The average molecular weight is 229 g/mol. The molecule has 0 aromatic carbocycles. The summed E-state index contributed by atoms with van der Waals surface area (Å²) < 4.78 is 5.79. The van der Waals surface area contributed by atoms with Crippen LogP contribution in [0.1, 0.15) is 53.4 Å². The van der Waals surface area contributed by atoms with Gasteiger partial charge in [-0.15, -0.1) is 0 Å². The van der Waals surface area contributed by atoms with Crippen molar-refractivity contribution in [1.82, 2.24) is 0 Å². The molecule has 1 heterocycles. The third-order valence-electron chi connectivity index (χ3n) is 4.73. The zero-order chi connectivity index (χ0) is 12.4. The van der Waals surface area contributed by atoms with E-state index >= 15 is 0 Å². The van der Waals surface area contributed by atoms with Gasteiger partial charge in [0.25, 0.3) is 0 Å². The molecular weight excluding hydrogens is 202 g/mol. The van der Waals surface area contributed by atoms with Gasteiger partial charge in [0, 0.05) is 24.8 Å². The van der Waals surface area contributed by atoms with Crippen LogP contribution in [0.25, 0.3) is 0 Å². The first-order chi connectivity index (χ1) is 7.35. The highest BCUT2D eigenvalue weighted by molar-refractivity contribution is 5.02. The number of aliphatic hydroxyl groups is 1. The van der Waals surface area contributed by atoms with Crippen molar-refractivity contribution in [2.45, 2.75) is 64.6 Å². The molecular formula is C13H27NO2. The molecule has 3 N–H and O–H groups in total. The molecule has 16 heavy (non-hydrogen) atoms. The van der Waals surface area contributed by atoms with Gasteiger partial charge in [-0.2, -0.15) is 0 Å². The Morgan fingerprint density at radius 2 is 2.06 bits per heavy atom. The topological polar surface area (TPSA) is 55.5 Å². The summed E-state index contributed by atoms with van der Waals surface area (Å²) in [6.07, 6.45) is 3.22. The van der Waals surface area contributed by atoms with Crippen molar-refractivity contribution in [3.8, 4) is 0 Å². The molecule has 1 aliphatic heterocycles. The van der Waals surface area contributed by atoms with Crippen LogP contribution in [0.15, 0.2) is 0 Å². The molecule has 3 unspecified atom stereocenters. The second kappa shape index (κ2) is 4.63. The summed E-state index contributed by atoms with van der Waals surface area (Å²) in [5.74, 6) is 0. The van der Waals surface area contributed by atoms with Crippen LogP contribution in [-0.4, -0.2) is 29.5 Å². The molecule has 1 rings (SSSR count). The van der Waals surface area contributed by atoms with Gasteiger partial charge in [-0.05, 0) is 19.8 Å². The first-order valence-electron chi connectivity index (χ1n) is 6.41. The van der Waals surface area contributed by atoms with Crippen LogP contribution >= 0.6 is 0 Å². The van der Waals surface area contributed by atoms with Crippen LogP contribution in [0.2, 0.25) is 0 Å². The van der Waals surface area contributed by atoms with Gasteiger partial charge < -0.3 is 15.6 Å². The summed E-state index contributed by atoms with van der Waals surface area (Å²) in [5.41, 5.74) is 4.78. The van der Waals surface area contributed by atoms with Gasteiger partial charge in [0.1, 0.15) is 0 Å². The fourth-order valence-corrected chi connectivity index (χ4v) is 2.63. The normalized spacial score (nSPS) is 39.4. The highest BCUT2D eigenvalue weighted by atomic mass is 16.5. The number of hydrogen-bond acceptors (Lipinski definition) is 3. The number of nitrogens with two attached hydrogens (primary N) is 1. The van der Waals surface area contributed by atoms with Gasteiger partial charge in [-0.25, -0.2) is 0 Å². The molecule has 0 bridgehead atoms. The average Bonchev–Trinajstić information content (AvgIpc) is 2.27. The Balaban J connectivity index is 2.92. The zero-order valence-corrected chi connectivity index (χ0v) is 11.2. The Hall–Kier alpha value is -0.120. The molecule has 1 saturated heterocycles. The zero-order valence-electron chi connectivity index (χ0n) is 11.2. The smallest absolute Gasteiger partial charge is 0.0762 e. The highest BCUT2D eigenvalue weighted by Crippen LogP contribution is 2.46. The van der Waals surface area contributed by atoms with E-state index in [0.29, 0.717) is 26.0 Å². The molecule has 1 fully saturated rings. The fraction of sp³-hybridized carbons (Fsp3) is 1.00. The molecule has 3 atom stereocenters. The Kier molecular flexibility index (Phi) is 4.04. The molecule has 3 nitrogen and oxygen atoms in total. The standard InChI is InChI=1S/C13H27NO2/c1-5-11(3,10-14)13(15)7-8-16-12(4,6-2)9-13/h15H,5-10,14H2,1-4H3. The summed E-state index contributed by atoms with van der Waals surface area (Å²) in [4.78, 5) is 0. The van der Waals surface area contributed by atoms with E-state index in [4.69, 9.17) is 10.5 Å². The predicted octanol–water partition coefficient (Wildman–Crippen LogP) is 2.07. The molecule has 0 aromatic rings. The molecule has 1 aliphatic rings. The Morgan fingerprint density at radius 3 is 2.50 bits per heavy atom. The third kappa shape index (κ3) is 2.27. The number of rotatable bonds is 4. The molecule has 0 radical (unpaired) electrons. The van der Waals surface area contributed by atoms with Gasteiger partial charge in [0.2, 0.25) is 0 Å².